The molecule has 0 bridgehead atoms. The zero-order valence-electron chi connectivity index (χ0n) is 6.76. The van der Waals surface area contributed by atoms with E-state index in [9.17, 15) is 29.7 Å². The molecule has 76 valence electrons. The van der Waals surface area contributed by atoms with Gasteiger partial charge in [0.2, 0.25) is 0 Å². The third kappa shape index (κ3) is 4.97. The van der Waals surface area contributed by atoms with Gasteiger partial charge >= 0.3 is 22.4 Å². The van der Waals surface area contributed by atoms with Crippen molar-refractivity contribution in [2.45, 2.75) is 18.4 Å². The summed E-state index contributed by atoms with van der Waals surface area (Å²) in [6.45, 7) is 0. The number of aliphatic hydroxyl groups is 1. The van der Waals surface area contributed by atoms with Gasteiger partial charge in [0.05, 0.1) is 5.97 Å². The predicted molar refractivity (Wildman–Crippen MR) is 29.2 cm³/mol. The SMILES string of the molecule is O=C([O-])CC(O)(CC(=O)[O-])C(=O)[O-].[Nb+3]. The van der Waals surface area contributed by atoms with E-state index in [1.807, 2.05) is 0 Å². The van der Waals surface area contributed by atoms with Gasteiger partial charge < -0.3 is 34.8 Å². The quantitative estimate of drug-likeness (QED) is 0.496. The number of carboxylic acids is 3. The third-order valence-corrected chi connectivity index (χ3v) is 1.25. The van der Waals surface area contributed by atoms with Crippen molar-refractivity contribution in [3.05, 3.63) is 0 Å². The molecule has 0 unspecified atom stereocenters. The molecule has 1 N–H and O–H groups in total. The largest absolute Gasteiger partial charge is 3.00 e. The molecule has 0 aliphatic heterocycles. The Morgan fingerprint density at radius 3 is 1.43 bits per heavy atom. The summed E-state index contributed by atoms with van der Waals surface area (Å²) < 4.78 is 0. The normalized spacial score (nSPS) is 10.1. The van der Waals surface area contributed by atoms with Crippen LogP contribution >= 0.6 is 0 Å². The second kappa shape index (κ2) is 5.76. The second-order valence-corrected chi connectivity index (χ2v) is 2.42. The molecule has 0 aliphatic rings. The van der Waals surface area contributed by atoms with E-state index in [0.717, 1.165) is 0 Å². The number of carbonyl (C=O) groups is 3. The van der Waals surface area contributed by atoms with E-state index in [0.29, 0.717) is 0 Å². The first-order chi connectivity index (χ1) is 5.78. The molecule has 0 aromatic rings. The molecular formula is C6H5NbO7. The summed E-state index contributed by atoms with van der Waals surface area (Å²) in [5.41, 5.74) is -2.97. The van der Waals surface area contributed by atoms with Gasteiger partial charge in [-0.05, 0) is 0 Å². The molecule has 0 aromatic carbocycles. The summed E-state index contributed by atoms with van der Waals surface area (Å²) in [7, 11) is 0. The smallest absolute Gasteiger partial charge is 0.550 e. The summed E-state index contributed by atoms with van der Waals surface area (Å²) in [4.78, 5) is 30.0. The van der Waals surface area contributed by atoms with Gasteiger partial charge in [0, 0.05) is 24.8 Å². The standard InChI is InChI=1S/C6H8O7.Nb/c7-3(8)1-6(13,5(11)12)2-4(9)10;/h13H,1-2H2,(H,7,8)(H,9,10)(H,11,12);/q;+3/p-3. The van der Waals surface area contributed by atoms with Crippen LogP contribution < -0.4 is 15.3 Å². The number of aliphatic carboxylic acids is 3. The minimum absolute atomic E-state index is 0. The van der Waals surface area contributed by atoms with Crippen molar-refractivity contribution < 1.29 is 57.2 Å². The number of carbonyl (C=O) groups excluding carboxylic acids is 3. The molecule has 0 saturated carbocycles. The Labute approximate surface area is 93.9 Å². The van der Waals surface area contributed by atoms with Gasteiger partial charge in [0.1, 0.15) is 5.60 Å². The molecule has 7 nitrogen and oxygen atoms in total. The number of rotatable bonds is 5. The molecule has 0 atom stereocenters. The minimum atomic E-state index is -2.97. The van der Waals surface area contributed by atoms with Gasteiger partial charge in [-0.2, -0.15) is 0 Å². The first-order valence-corrected chi connectivity index (χ1v) is 3.11. The van der Waals surface area contributed by atoms with Gasteiger partial charge in [-0.25, -0.2) is 0 Å². The zero-order valence-corrected chi connectivity index (χ0v) is 8.96. The average molecular weight is 282 g/mol. The van der Waals surface area contributed by atoms with E-state index in [1.54, 1.807) is 0 Å². The Hall–Kier alpha value is -0.890. The first kappa shape index (κ1) is 15.6. The van der Waals surface area contributed by atoms with Crippen molar-refractivity contribution in [2.75, 3.05) is 0 Å². The molecule has 8 heteroatoms. The van der Waals surface area contributed by atoms with Crippen LogP contribution in [0.3, 0.4) is 0 Å². The van der Waals surface area contributed by atoms with Crippen LogP contribution in [0.25, 0.3) is 0 Å². The fourth-order valence-electron chi connectivity index (χ4n) is 0.684. The zero-order chi connectivity index (χ0) is 10.6. The molecule has 0 amide bonds. The second-order valence-electron chi connectivity index (χ2n) is 2.42. The maximum atomic E-state index is 10.1. The minimum Gasteiger partial charge on any atom is -0.550 e. The van der Waals surface area contributed by atoms with Crippen molar-refractivity contribution in [2.24, 2.45) is 0 Å². The molecule has 0 spiro atoms. The topological polar surface area (TPSA) is 141 Å². The van der Waals surface area contributed by atoms with Crippen molar-refractivity contribution in [3.8, 4) is 0 Å². The maximum Gasteiger partial charge on any atom is 3.00 e. The van der Waals surface area contributed by atoms with E-state index in [4.69, 9.17) is 5.11 Å². The van der Waals surface area contributed by atoms with Crippen molar-refractivity contribution in [3.63, 3.8) is 0 Å². The molecule has 0 heterocycles. The molecular weight excluding hydrogens is 277 g/mol. The van der Waals surface area contributed by atoms with Crippen molar-refractivity contribution in [1.29, 1.82) is 0 Å². The number of hydrogen-bond acceptors (Lipinski definition) is 7. The van der Waals surface area contributed by atoms with Crippen LogP contribution in [0.1, 0.15) is 12.8 Å². The maximum absolute atomic E-state index is 10.1. The molecule has 0 aromatic heterocycles. The monoisotopic (exact) mass is 282 g/mol. The van der Waals surface area contributed by atoms with E-state index < -0.39 is 36.4 Å². The van der Waals surface area contributed by atoms with Gasteiger partial charge in [-0.1, -0.05) is 0 Å². The Bertz CT molecular complexity index is 233. The van der Waals surface area contributed by atoms with Crippen LogP contribution in [0.5, 0.6) is 0 Å². The van der Waals surface area contributed by atoms with Crippen LogP contribution in [0.2, 0.25) is 0 Å². The Morgan fingerprint density at radius 2 is 1.29 bits per heavy atom. The van der Waals surface area contributed by atoms with Crippen molar-refractivity contribution >= 4 is 17.9 Å². The fraction of sp³-hybridized carbons (Fsp3) is 0.500. The first-order valence-electron chi connectivity index (χ1n) is 3.11. The molecule has 0 rings (SSSR count). The summed E-state index contributed by atoms with van der Waals surface area (Å²) in [5.74, 6) is -5.98. The van der Waals surface area contributed by atoms with E-state index in [1.165, 1.54) is 0 Å². The molecule has 0 saturated heterocycles. The molecule has 0 aliphatic carbocycles. The summed E-state index contributed by atoms with van der Waals surface area (Å²) in [6, 6.07) is 0. The molecule has 14 heavy (non-hydrogen) atoms. The average Bonchev–Trinajstić information content (AvgIpc) is 1.82. The van der Waals surface area contributed by atoms with Gasteiger partial charge in [0.15, 0.2) is 0 Å². The summed E-state index contributed by atoms with van der Waals surface area (Å²) in [6.07, 6.45) is -2.72. The predicted octanol–water partition coefficient (Wildman–Crippen LogP) is -5.26. The van der Waals surface area contributed by atoms with Crippen LogP contribution in [-0.4, -0.2) is 28.6 Å². The number of carboxylic acid groups (broad SMARTS) is 3. The number of hydrogen-bond donors (Lipinski definition) is 1. The Morgan fingerprint density at radius 1 is 1.00 bits per heavy atom. The molecule has 0 radical (unpaired) electrons. The van der Waals surface area contributed by atoms with Gasteiger partial charge in [-0.3, -0.25) is 0 Å². The van der Waals surface area contributed by atoms with E-state index in [2.05, 4.69) is 0 Å². The van der Waals surface area contributed by atoms with Gasteiger partial charge in [0.25, 0.3) is 0 Å². The van der Waals surface area contributed by atoms with Crippen LogP contribution in [0, 0.1) is 0 Å². The van der Waals surface area contributed by atoms with Crippen molar-refractivity contribution in [1.82, 2.24) is 0 Å². The fourth-order valence-corrected chi connectivity index (χ4v) is 0.684. The Kier molecular flexibility index (Phi) is 6.41. The summed E-state index contributed by atoms with van der Waals surface area (Å²) in [5, 5.41) is 38.9. The van der Waals surface area contributed by atoms with E-state index in [-0.39, 0.29) is 22.4 Å². The van der Waals surface area contributed by atoms with Gasteiger partial charge in [-0.15, -0.1) is 0 Å². The van der Waals surface area contributed by atoms with Crippen LogP contribution in [-0.2, 0) is 36.8 Å². The third-order valence-electron chi connectivity index (χ3n) is 1.25. The molecule has 0 fully saturated rings. The Balaban J connectivity index is 0. The summed E-state index contributed by atoms with van der Waals surface area (Å²) >= 11 is 0. The van der Waals surface area contributed by atoms with Crippen LogP contribution in [0.15, 0.2) is 0 Å². The van der Waals surface area contributed by atoms with Crippen LogP contribution in [0.4, 0.5) is 0 Å². The van der Waals surface area contributed by atoms with E-state index >= 15 is 0 Å².